The molecule has 0 saturated carbocycles. The van der Waals surface area contributed by atoms with Crippen LogP contribution in [0.1, 0.15) is 33.6 Å². The molecule has 0 aliphatic heterocycles. The fourth-order valence-electron chi connectivity index (χ4n) is 2.92. The first-order chi connectivity index (χ1) is 14.5. The summed E-state index contributed by atoms with van der Waals surface area (Å²) < 4.78 is 11.0. The number of aliphatic imine (C=N–C) groups is 2. The van der Waals surface area contributed by atoms with Gasteiger partial charge in [0.25, 0.3) is 11.8 Å². The molecule has 2 aromatic carbocycles. The van der Waals surface area contributed by atoms with Crippen LogP contribution in [0.15, 0.2) is 79.7 Å². The molecule has 4 rings (SSSR count). The number of benzene rings is 2. The van der Waals surface area contributed by atoms with E-state index in [0.29, 0.717) is 23.2 Å². The Morgan fingerprint density at radius 2 is 0.967 bits per heavy atom. The molecular formula is C24H22N4O2. The van der Waals surface area contributed by atoms with E-state index in [1.807, 2.05) is 88.4 Å². The first-order valence-electron chi connectivity index (χ1n) is 9.69. The third kappa shape index (κ3) is 3.85. The summed E-state index contributed by atoms with van der Waals surface area (Å²) in [5, 5.41) is 8.09. The Kier molecular flexibility index (Phi) is 5.39. The minimum atomic E-state index is 0.459. The fraction of sp³-hybridized carbons (Fsp3) is 0.167. The molecule has 6 heteroatoms. The number of hydrogen-bond acceptors (Lipinski definition) is 6. The number of nitrogens with zero attached hydrogens (tertiary/aromatic N) is 4. The molecule has 0 bridgehead atoms. The smallest absolute Gasteiger partial charge is 0.254 e. The summed E-state index contributed by atoms with van der Waals surface area (Å²) in [7, 11) is 0. The molecule has 0 spiro atoms. The van der Waals surface area contributed by atoms with Crippen LogP contribution in [0.4, 0.5) is 11.8 Å². The summed E-state index contributed by atoms with van der Waals surface area (Å²) >= 11 is 0. The van der Waals surface area contributed by atoms with Gasteiger partial charge in [-0.25, -0.2) is 9.98 Å². The zero-order valence-electron chi connectivity index (χ0n) is 17.4. The predicted octanol–water partition coefficient (Wildman–Crippen LogP) is 5.84. The van der Waals surface area contributed by atoms with E-state index >= 15 is 0 Å². The lowest BCUT2D eigenvalue weighted by atomic mass is 9.99. The quantitative estimate of drug-likeness (QED) is 0.396. The van der Waals surface area contributed by atoms with E-state index in [4.69, 9.17) is 19.0 Å². The van der Waals surface area contributed by atoms with E-state index in [1.54, 1.807) is 0 Å². The number of aromatic nitrogens is 2. The van der Waals surface area contributed by atoms with Gasteiger partial charge in [0.15, 0.2) is 0 Å². The second-order valence-corrected chi connectivity index (χ2v) is 7.05. The molecule has 0 aliphatic rings. The van der Waals surface area contributed by atoms with Crippen LogP contribution in [0, 0.1) is 27.7 Å². The van der Waals surface area contributed by atoms with Crippen molar-refractivity contribution < 1.29 is 9.05 Å². The van der Waals surface area contributed by atoms with E-state index in [-0.39, 0.29) is 0 Å². The summed E-state index contributed by atoms with van der Waals surface area (Å²) in [5.74, 6) is 0.918. The Labute approximate surface area is 175 Å². The van der Waals surface area contributed by atoms with Crippen LogP contribution in [-0.2, 0) is 0 Å². The van der Waals surface area contributed by atoms with E-state index < -0.39 is 0 Å². The summed E-state index contributed by atoms with van der Waals surface area (Å²) in [6.45, 7) is 7.67. The standard InChI is InChI=1S/C24H22N4O2/c1-15-17(3)27-29-23(15)25-21(19-11-7-5-8-12-19)22(20-13-9-6-10-14-20)26-24-16(2)18(4)28-30-24/h5-14H,1-4H3. The molecule has 0 fully saturated rings. The van der Waals surface area contributed by atoms with Crippen molar-refractivity contribution >= 4 is 23.2 Å². The van der Waals surface area contributed by atoms with Crippen LogP contribution in [0.3, 0.4) is 0 Å². The van der Waals surface area contributed by atoms with Crippen molar-refractivity contribution in [1.29, 1.82) is 0 Å². The first kappa shape index (κ1) is 19.5. The fourth-order valence-corrected chi connectivity index (χ4v) is 2.92. The highest BCUT2D eigenvalue weighted by molar-refractivity contribution is 6.54. The highest BCUT2D eigenvalue weighted by Gasteiger charge is 2.19. The molecule has 0 N–H and O–H groups in total. The van der Waals surface area contributed by atoms with Crippen LogP contribution in [0.2, 0.25) is 0 Å². The number of rotatable bonds is 5. The molecule has 0 aliphatic carbocycles. The largest absolute Gasteiger partial charge is 0.336 e. The normalized spacial score (nSPS) is 12.4. The van der Waals surface area contributed by atoms with Gasteiger partial charge >= 0.3 is 0 Å². The van der Waals surface area contributed by atoms with Crippen molar-refractivity contribution in [2.75, 3.05) is 0 Å². The molecule has 0 radical (unpaired) electrons. The Bertz CT molecular complexity index is 1120. The second kappa shape index (κ2) is 8.29. The van der Waals surface area contributed by atoms with Crippen LogP contribution in [0.5, 0.6) is 0 Å². The maximum atomic E-state index is 5.48. The third-order valence-electron chi connectivity index (χ3n) is 5.01. The summed E-state index contributed by atoms with van der Waals surface area (Å²) in [6.07, 6.45) is 0. The average molecular weight is 398 g/mol. The molecule has 2 aromatic heterocycles. The molecule has 150 valence electrons. The topological polar surface area (TPSA) is 76.8 Å². The van der Waals surface area contributed by atoms with Gasteiger partial charge in [-0.1, -0.05) is 71.0 Å². The third-order valence-corrected chi connectivity index (χ3v) is 5.01. The molecular weight excluding hydrogens is 376 g/mol. The summed E-state index contributed by atoms with van der Waals surface area (Å²) in [5.41, 5.74) is 6.53. The molecule has 30 heavy (non-hydrogen) atoms. The van der Waals surface area contributed by atoms with E-state index in [9.17, 15) is 0 Å². The van der Waals surface area contributed by atoms with Crippen LogP contribution >= 0.6 is 0 Å². The van der Waals surface area contributed by atoms with E-state index in [1.165, 1.54) is 0 Å². The van der Waals surface area contributed by atoms with Crippen molar-refractivity contribution in [3.63, 3.8) is 0 Å². The van der Waals surface area contributed by atoms with Crippen LogP contribution in [0.25, 0.3) is 0 Å². The lowest BCUT2D eigenvalue weighted by Crippen LogP contribution is -2.17. The van der Waals surface area contributed by atoms with Gasteiger partial charge in [0.1, 0.15) is 11.4 Å². The lowest BCUT2D eigenvalue weighted by Gasteiger charge is -2.10. The first-order valence-corrected chi connectivity index (χ1v) is 9.69. The highest BCUT2D eigenvalue weighted by Crippen LogP contribution is 2.26. The monoisotopic (exact) mass is 398 g/mol. The predicted molar refractivity (Wildman–Crippen MR) is 117 cm³/mol. The Morgan fingerprint density at radius 3 is 1.27 bits per heavy atom. The molecule has 0 atom stereocenters. The van der Waals surface area contributed by atoms with E-state index in [0.717, 1.165) is 33.6 Å². The molecule has 0 unspecified atom stereocenters. The van der Waals surface area contributed by atoms with Gasteiger partial charge in [0, 0.05) is 22.3 Å². The van der Waals surface area contributed by atoms with Crippen molar-refractivity contribution in [3.05, 3.63) is 94.3 Å². The lowest BCUT2D eigenvalue weighted by molar-refractivity contribution is 0.424. The van der Waals surface area contributed by atoms with Gasteiger partial charge in [-0.05, 0) is 27.7 Å². The average Bonchev–Trinajstić information content (AvgIpc) is 3.27. The van der Waals surface area contributed by atoms with Crippen molar-refractivity contribution in [2.45, 2.75) is 27.7 Å². The van der Waals surface area contributed by atoms with Gasteiger partial charge in [-0.2, -0.15) is 0 Å². The maximum Gasteiger partial charge on any atom is 0.254 e. The number of aryl methyl sites for hydroxylation is 2. The minimum absolute atomic E-state index is 0.459. The van der Waals surface area contributed by atoms with Crippen LogP contribution < -0.4 is 0 Å². The zero-order chi connectivity index (χ0) is 21.1. The molecule has 0 saturated heterocycles. The molecule has 4 aromatic rings. The van der Waals surface area contributed by atoms with Crippen molar-refractivity contribution in [2.24, 2.45) is 9.98 Å². The Balaban J connectivity index is 1.98. The molecule has 6 nitrogen and oxygen atoms in total. The highest BCUT2D eigenvalue weighted by atomic mass is 16.5. The Hall–Kier alpha value is -3.80. The van der Waals surface area contributed by atoms with Crippen LogP contribution in [-0.4, -0.2) is 21.7 Å². The molecule has 2 heterocycles. The SMILES string of the molecule is Cc1noc(N=C(C(=Nc2onc(C)c2C)c2ccccc2)c2ccccc2)c1C. The van der Waals surface area contributed by atoms with Crippen molar-refractivity contribution in [3.8, 4) is 0 Å². The van der Waals surface area contributed by atoms with Gasteiger partial charge in [0.2, 0.25) is 0 Å². The summed E-state index contributed by atoms with van der Waals surface area (Å²) in [4.78, 5) is 9.71. The number of hydrogen-bond donors (Lipinski definition) is 0. The second-order valence-electron chi connectivity index (χ2n) is 7.05. The maximum absolute atomic E-state index is 5.48. The molecule has 0 amide bonds. The zero-order valence-corrected chi connectivity index (χ0v) is 17.4. The van der Waals surface area contributed by atoms with Gasteiger partial charge in [-0.3, -0.25) is 0 Å². The van der Waals surface area contributed by atoms with E-state index in [2.05, 4.69) is 10.3 Å². The van der Waals surface area contributed by atoms with Gasteiger partial charge in [-0.15, -0.1) is 0 Å². The van der Waals surface area contributed by atoms with Gasteiger partial charge in [0.05, 0.1) is 11.4 Å². The minimum Gasteiger partial charge on any atom is -0.336 e. The summed E-state index contributed by atoms with van der Waals surface area (Å²) in [6, 6.07) is 19.8. The van der Waals surface area contributed by atoms with Gasteiger partial charge < -0.3 is 9.05 Å². The van der Waals surface area contributed by atoms with Crippen molar-refractivity contribution in [1.82, 2.24) is 10.3 Å². The Morgan fingerprint density at radius 1 is 0.600 bits per heavy atom.